The van der Waals surface area contributed by atoms with E-state index in [4.69, 9.17) is 4.74 Å². The largest absolute Gasteiger partial charge is 0.466 e. The van der Waals surface area contributed by atoms with Gasteiger partial charge >= 0.3 is 5.97 Å². The van der Waals surface area contributed by atoms with Gasteiger partial charge in [0.25, 0.3) is 0 Å². The molecule has 0 bridgehead atoms. The second-order valence-corrected chi connectivity index (χ2v) is 6.73. The number of esters is 1. The van der Waals surface area contributed by atoms with Crippen LogP contribution in [0.15, 0.2) is 71.7 Å². The van der Waals surface area contributed by atoms with E-state index in [0.717, 1.165) is 39.2 Å². The van der Waals surface area contributed by atoms with Gasteiger partial charge in [-0.15, -0.1) is 0 Å². The van der Waals surface area contributed by atoms with Crippen molar-refractivity contribution in [2.24, 2.45) is 0 Å². The number of nitrogens with zero attached hydrogens (tertiary/aromatic N) is 1. The van der Waals surface area contributed by atoms with Gasteiger partial charge in [0.15, 0.2) is 0 Å². The predicted octanol–water partition coefficient (Wildman–Crippen LogP) is 4.27. The number of nitrogens with one attached hydrogen (secondary N) is 2. The molecular formula is C22H21N3O2. The summed E-state index contributed by atoms with van der Waals surface area (Å²) in [7, 11) is 1.40. The number of H-pyrrole nitrogens is 1. The maximum Gasteiger partial charge on any atom is 0.336 e. The van der Waals surface area contributed by atoms with E-state index in [1.165, 1.54) is 7.11 Å². The number of allylic oxidation sites excluding steroid dienone is 3. The minimum Gasteiger partial charge on any atom is -0.466 e. The van der Waals surface area contributed by atoms with Gasteiger partial charge in [-0.25, -0.2) is 4.79 Å². The van der Waals surface area contributed by atoms with Crippen LogP contribution in [0.3, 0.4) is 0 Å². The summed E-state index contributed by atoms with van der Waals surface area (Å²) in [6.45, 7) is 3.87. The third-order valence-electron chi connectivity index (χ3n) is 4.87. The molecule has 0 spiro atoms. The van der Waals surface area contributed by atoms with Crippen molar-refractivity contribution in [1.29, 1.82) is 0 Å². The summed E-state index contributed by atoms with van der Waals surface area (Å²) in [5.41, 5.74) is 6.31. The molecule has 1 aromatic carbocycles. The number of fused-ring (bicyclic) bond motifs is 1. The molecule has 0 radical (unpaired) electrons. The predicted molar refractivity (Wildman–Crippen MR) is 106 cm³/mol. The number of hydrogen-bond acceptors (Lipinski definition) is 4. The molecule has 0 saturated heterocycles. The van der Waals surface area contributed by atoms with E-state index in [9.17, 15) is 4.79 Å². The number of methoxy groups -OCH3 is 1. The molecule has 27 heavy (non-hydrogen) atoms. The Kier molecular flexibility index (Phi) is 4.28. The first-order valence-electron chi connectivity index (χ1n) is 8.85. The van der Waals surface area contributed by atoms with Gasteiger partial charge in [-0.05, 0) is 37.6 Å². The standard InChI is InChI=1S/C22H21N3O2/c1-13-10-17(21(14(2)24-13)22(26)27-3)16-8-9-19(23-12-16)20-11-15-6-4-5-7-18(15)25-20/h4-12,17,24-25H,1-3H3. The highest BCUT2D eigenvalue weighted by Gasteiger charge is 2.27. The molecule has 3 heterocycles. The Bertz CT molecular complexity index is 1040. The minimum absolute atomic E-state index is 0.178. The minimum atomic E-state index is -0.326. The van der Waals surface area contributed by atoms with Crippen LogP contribution in [0.5, 0.6) is 0 Å². The third-order valence-corrected chi connectivity index (χ3v) is 4.87. The molecule has 2 aromatic heterocycles. The fourth-order valence-corrected chi connectivity index (χ4v) is 3.58. The third kappa shape index (κ3) is 3.12. The molecule has 0 aliphatic carbocycles. The second-order valence-electron chi connectivity index (χ2n) is 6.73. The van der Waals surface area contributed by atoms with E-state index in [2.05, 4.69) is 27.4 Å². The van der Waals surface area contributed by atoms with Gasteiger partial charge < -0.3 is 15.0 Å². The van der Waals surface area contributed by atoms with Crippen LogP contribution in [0, 0.1) is 0 Å². The van der Waals surface area contributed by atoms with Crippen LogP contribution >= 0.6 is 0 Å². The van der Waals surface area contributed by atoms with Crippen molar-refractivity contribution in [1.82, 2.24) is 15.3 Å². The normalized spacial score (nSPS) is 16.9. The molecule has 136 valence electrons. The molecule has 2 N–H and O–H groups in total. The Morgan fingerprint density at radius 3 is 2.67 bits per heavy atom. The molecule has 1 unspecified atom stereocenters. The number of carbonyl (C=O) groups is 1. The van der Waals surface area contributed by atoms with Crippen LogP contribution in [0.4, 0.5) is 0 Å². The van der Waals surface area contributed by atoms with Crippen LogP contribution in [-0.2, 0) is 9.53 Å². The van der Waals surface area contributed by atoms with E-state index in [1.54, 1.807) is 0 Å². The van der Waals surface area contributed by atoms with E-state index in [-0.39, 0.29) is 11.9 Å². The van der Waals surface area contributed by atoms with Gasteiger partial charge in [0.2, 0.25) is 0 Å². The summed E-state index contributed by atoms with van der Waals surface area (Å²) in [4.78, 5) is 20.3. The van der Waals surface area contributed by atoms with Crippen LogP contribution < -0.4 is 5.32 Å². The van der Waals surface area contributed by atoms with Crippen LogP contribution in [0.25, 0.3) is 22.3 Å². The van der Waals surface area contributed by atoms with Crippen molar-refractivity contribution in [3.63, 3.8) is 0 Å². The first kappa shape index (κ1) is 17.1. The summed E-state index contributed by atoms with van der Waals surface area (Å²) in [5.74, 6) is -0.503. The van der Waals surface area contributed by atoms with E-state index >= 15 is 0 Å². The summed E-state index contributed by atoms with van der Waals surface area (Å²) >= 11 is 0. The van der Waals surface area contributed by atoms with Crippen molar-refractivity contribution in [3.8, 4) is 11.4 Å². The molecule has 0 saturated carbocycles. The number of ether oxygens (including phenoxy) is 1. The number of hydrogen-bond donors (Lipinski definition) is 2. The fourth-order valence-electron chi connectivity index (χ4n) is 3.58. The molecule has 1 atom stereocenters. The monoisotopic (exact) mass is 359 g/mol. The highest BCUT2D eigenvalue weighted by molar-refractivity contribution is 5.92. The van der Waals surface area contributed by atoms with Crippen molar-refractivity contribution in [2.45, 2.75) is 19.8 Å². The average molecular weight is 359 g/mol. The SMILES string of the molecule is COC(=O)C1=C(C)NC(C)=CC1c1ccc(-c2cc3ccccc3[nH]2)nc1. The van der Waals surface area contributed by atoms with Gasteiger partial charge in [-0.3, -0.25) is 4.98 Å². The van der Waals surface area contributed by atoms with E-state index in [1.807, 2.05) is 56.5 Å². The molecule has 0 fully saturated rings. The Morgan fingerprint density at radius 1 is 1.15 bits per heavy atom. The number of para-hydroxylation sites is 1. The number of rotatable bonds is 3. The first-order chi connectivity index (χ1) is 13.1. The van der Waals surface area contributed by atoms with E-state index in [0.29, 0.717) is 5.57 Å². The topological polar surface area (TPSA) is 67.0 Å². The molecule has 1 aliphatic heterocycles. The lowest BCUT2D eigenvalue weighted by molar-refractivity contribution is -0.136. The number of dihydropyridines is 1. The van der Waals surface area contributed by atoms with Crippen LogP contribution in [0.1, 0.15) is 25.3 Å². The van der Waals surface area contributed by atoms with Gasteiger partial charge in [0.05, 0.1) is 24.1 Å². The van der Waals surface area contributed by atoms with Crippen molar-refractivity contribution in [2.75, 3.05) is 7.11 Å². The van der Waals surface area contributed by atoms with Crippen LogP contribution in [-0.4, -0.2) is 23.0 Å². The van der Waals surface area contributed by atoms with Crippen molar-refractivity contribution >= 4 is 16.9 Å². The summed E-state index contributed by atoms with van der Waals surface area (Å²) in [6.07, 6.45) is 3.86. The molecule has 0 amide bonds. The quantitative estimate of drug-likeness (QED) is 0.686. The zero-order valence-corrected chi connectivity index (χ0v) is 15.5. The highest BCUT2D eigenvalue weighted by Crippen LogP contribution is 2.33. The van der Waals surface area contributed by atoms with Gasteiger partial charge in [-0.2, -0.15) is 0 Å². The zero-order chi connectivity index (χ0) is 19.0. The lowest BCUT2D eigenvalue weighted by Gasteiger charge is -2.25. The smallest absolute Gasteiger partial charge is 0.336 e. The Hall–Kier alpha value is -3.34. The molecule has 5 heteroatoms. The molecule has 1 aliphatic rings. The highest BCUT2D eigenvalue weighted by atomic mass is 16.5. The molecular weight excluding hydrogens is 338 g/mol. The van der Waals surface area contributed by atoms with Gasteiger partial charge in [-0.1, -0.05) is 30.3 Å². The lowest BCUT2D eigenvalue weighted by atomic mass is 9.87. The summed E-state index contributed by atoms with van der Waals surface area (Å²) in [6, 6.07) is 14.2. The molecule has 3 aromatic rings. The Morgan fingerprint density at radius 2 is 1.96 bits per heavy atom. The number of benzene rings is 1. The fraction of sp³-hybridized carbons (Fsp3) is 0.182. The van der Waals surface area contributed by atoms with E-state index < -0.39 is 0 Å². The first-order valence-corrected chi connectivity index (χ1v) is 8.85. The Balaban J connectivity index is 1.70. The Labute approximate surface area is 157 Å². The number of aromatic nitrogens is 2. The molecule has 5 nitrogen and oxygen atoms in total. The summed E-state index contributed by atoms with van der Waals surface area (Å²) < 4.78 is 4.98. The maximum atomic E-state index is 12.3. The van der Waals surface area contributed by atoms with Crippen LogP contribution in [0.2, 0.25) is 0 Å². The maximum absolute atomic E-state index is 12.3. The zero-order valence-electron chi connectivity index (χ0n) is 15.5. The van der Waals surface area contributed by atoms with Gasteiger partial charge in [0.1, 0.15) is 0 Å². The number of carbonyl (C=O) groups excluding carboxylic acids is 1. The second kappa shape index (κ2) is 6.76. The van der Waals surface area contributed by atoms with Gasteiger partial charge in [0, 0.05) is 34.4 Å². The number of pyridine rings is 1. The van der Waals surface area contributed by atoms with Crippen molar-refractivity contribution < 1.29 is 9.53 Å². The molecule has 4 rings (SSSR count). The van der Waals surface area contributed by atoms with Crippen molar-refractivity contribution in [3.05, 3.63) is 77.3 Å². The lowest BCUT2D eigenvalue weighted by Crippen LogP contribution is -2.25. The summed E-state index contributed by atoms with van der Waals surface area (Å²) in [5, 5.41) is 4.37. The average Bonchev–Trinajstić information content (AvgIpc) is 3.11. The number of aromatic amines is 1.